The molecule has 1 heterocycles. The molecule has 0 aliphatic heterocycles. The number of hydrogen-bond donors (Lipinski definition) is 3. The molecule has 5 aromatic rings. The molecule has 0 saturated carbocycles. The minimum Gasteiger partial charge on any atom is -0.507 e. The van der Waals surface area contributed by atoms with Gasteiger partial charge in [-0.2, -0.15) is 0 Å². The van der Waals surface area contributed by atoms with Crippen LogP contribution in [0.2, 0.25) is 0 Å². The molecule has 0 unspecified atom stereocenters. The van der Waals surface area contributed by atoms with Crippen molar-refractivity contribution in [3.63, 3.8) is 0 Å². The fourth-order valence-corrected chi connectivity index (χ4v) is 5.05. The largest absolute Gasteiger partial charge is 0.507 e. The van der Waals surface area contributed by atoms with Gasteiger partial charge in [-0.25, -0.2) is 0 Å². The van der Waals surface area contributed by atoms with Gasteiger partial charge in [-0.05, 0) is 83.5 Å². The molecule has 49 heavy (non-hydrogen) atoms. The average Bonchev–Trinajstić information content (AvgIpc) is 3.45. The van der Waals surface area contributed by atoms with E-state index in [0.29, 0.717) is 17.2 Å². The second kappa shape index (κ2) is 17.9. The first kappa shape index (κ1) is 42.7. The summed E-state index contributed by atoms with van der Waals surface area (Å²) in [6.45, 7) is 33.2. The van der Waals surface area contributed by atoms with E-state index < -0.39 is 0 Å². The van der Waals surface area contributed by atoms with Crippen LogP contribution in [0.1, 0.15) is 123 Å². The monoisotopic (exact) mass is 669 g/mol. The third-order valence-electron chi connectivity index (χ3n) is 7.51. The highest BCUT2D eigenvalue weighted by atomic mass is 16.3. The third-order valence-corrected chi connectivity index (χ3v) is 7.51. The number of nitrogens with zero attached hydrogens (tertiary/aromatic N) is 3. The Hall–Kier alpha value is -4.32. The molecule has 5 rings (SSSR count). The van der Waals surface area contributed by atoms with E-state index in [0.717, 1.165) is 33.3 Å². The number of aryl methyl sites for hydroxylation is 3. The first-order chi connectivity index (χ1) is 22.7. The Morgan fingerprint density at radius 1 is 0.490 bits per heavy atom. The van der Waals surface area contributed by atoms with Crippen LogP contribution in [0.15, 0.2) is 72.8 Å². The van der Waals surface area contributed by atoms with Crippen molar-refractivity contribution in [1.82, 2.24) is 15.0 Å². The van der Waals surface area contributed by atoms with Gasteiger partial charge in [-0.15, -0.1) is 15.0 Å². The van der Waals surface area contributed by atoms with Crippen molar-refractivity contribution in [1.29, 1.82) is 0 Å². The highest BCUT2D eigenvalue weighted by Gasteiger charge is 2.25. The van der Waals surface area contributed by atoms with Gasteiger partial charge in [-0.3, -0.25) is 0 Å². The zero-order valence-electron chi connectivity index (χ0n) is 33.1. The molecule has 4 aromatic carbocycles. The van der Waals surface area contributed by atoms with Gasteiger partial charge < -0.3 is 15.3 Å². The van der Waals surface area contributed by atoms with Crippen molar-refractivity contribution in [2.45, 2.75) is 127 Å². The normalized spacial score (nSPS) is 11.1. The van der Waals surface area contributed by atoms with E-state index in [-0.39, 0.29) is 22.0 Å². The number of rotatable bonds is 1. The molecule has 0 spiro atoms. The second-order valence-corrected chi connectivity index (χ2v) is 14.9. The lowest BCUT2D eigenvalue weighted by Gasteiger charge is -2.27. The molecule has 0 saturated heterocycles. The van der Waals surface area contributed by atoms with Crippen molar-refractivity contribution in [3.05, 3.63) is 106 Å². The molecular weight excluding hydrogens is 606 g/mol. The fourth-order valence-electron chi connectivity index (χ4n) is 5.05. The summed E-state index contributed by atoms with van der Waals surface area (Å²) in [5.74, 6) is 1.08. The SMILES string of the molecule is CC.CC.Cc1cc(C(C)(C)C)c(O)c(C(C)(C)C)c1.Cc1cc(C)c(O)c(C(C)(C)C)c1.Oc1ccccc1-n1nc2ccccc2n1. The van der Waals surface area contributed by atoms with Gasteiger partial charge in [0.25, 0.3) is 0 Å². The Kier molecular flexibility index (Phi) is 15.6. The number of phenolic OH excluding ortho intramolecular Hbond substituents is 3. The molecule has 0 fully saturated rings. The molecule has 3 N–H and O–H groups in total. The maximum atomic E-state index is 10.4. The zero-order valence-corrected chi connectivity index (χ0v) is 33.1. The number of fused-ring (bicyclic) bond motifs is 1. The van der Waals surface area contributed by atoms with Gasteiger partial charge in [0.15, 0.2) is 0 Å². The minimum absolute atomic E-state index is 0.0147. The molecule has 0 aliphatic rings. The van der Waals surface area contributed by atoms with Crippen LogP contribution in [0.5, 0.6) is 17.2 Å². The van der Waals surface area contributed by atoms with E-state index in [1.54, 1.807) is 18.2 Å². The van der Waals surface area contributed by atoms with Gasteiger partial charge in [0.2, 0.25) is 0 Å². The molecule has 1 aromatic heterocycles. The van der Waals surface area contributed by atoms with Gasteiger partial charge in [-0.1, -0.05) is 150 Å². The lowest BCUT2D eigenvalue weighted by Crippen LogP contribution is -2.17. The van der Waals surface area contributed by atoms with Crippen LogP contribution < -0.4 is 0 Å². The van der Waals surface area contributed by atoms with E-state index in [2.05, 4.69) is 105 Å². The van der Waals surface area contributed by atoms with Crippen molar-refractivity contribution in [3.8, 4) is 22.9 Å². The topological polar surface area (TPSA) is 91.4 Å². The molecule has 0 bridgehead atoms. The first-order valence-corrected chi connectivity index (χ1v) is 17.5. The lowest BCUT2D eigenvalue weighted by molar-refractivity contribution is 0.423. The summed E-state index contributed by atoms with van der Waals surface area (Å²) in [5, 5.41) is 38.5. The maximum absolute atomic E-state index is 10.4. The summed E-state index contributed by atoms with van der Waals surface area (Å²) < 4.78 is 0. The second-order valence-electron chi connectivity index (χ2n) is 14.9. The van der Waals surface area contributed by atoms with Crippen molar-refractivity contribution in [2.24, 2.45) is 0 Å². The highest BCUT2D eigenvalue weighted by Crippen LogP contribution is 2.39. The Balaban J connectivity index is 0.000000351. The third kappa shape index (κ3) is 12.0. The van der Waals surface area contributed by atoms with Gasteiger partial charge in [0.1, 0.15) is 34.0 Å². The van der Waals surface area contributed by atoms with E-state index >= 15 is 0 Å². The quantitative estimate of drug-likeness (QED) is 0.165. The smallest absolute Gasteiger partial charge is 0.143 e. The molecule has 268 valence electrons. The Labute approximate surface area is 296 Å². The molecule has 0 amide bonds. The molecule has 0 atom stereocenters. The van der Waals surface area contributed by atoms with Crippen molar-refractivity contribution in [2.75, 3.05) is 0 Å². The van der Waals surface area contributed by atoms with Crippen LogP contribution in [0.4, 0.5) is 0 Å². The lowest BCUT2D eigenvalue weighted by atomic mass is 9.78. The predicted octanol–water partition coefficient (Wildman–Crippen LogP) is 11.8. The Bertz CT molecular complexity index is 1700. The number of aromatic nitrogens is 3. The summed E-state index contributed by atoms with van der Waals surface area (Å²) in [6.07, 6.45) is 0. The minimum atomic E-state index is -0.0178. The number of para-hydroxylation sites is 2. The van der Waals surface area contributed by atoms with Crippen LogP contribution in [0.3, 0.4) is 0 Å². The Morgan fingerprint density at radius 3 is 1.22 bits per heavy atom. The zero-order chi connectivity index (χ0) is 37.9. The average molecular weight is 670 g/mol. The predicted molar refractivity (Wildman–Crippen MR) is 210 cm³/mol. The van der Waals surface area contributed by atoms with Crippen LogP contribution in [0, 0.1) is 20.8 Å². The van der Waals surface area contributed by atoms with E-state index in [1.165, 1.54) is 15.9 Å². The summed E-state index contributed by atoms with van der Waals surface area (Å²) >= 11 is 0. The summed E-state index contributed by atoms with van der Waals surface area (Å²) in [6, 6.07) is 22.8. The van der Waals surface area contributed by atoms with Crippen LogP contribution in [-0.2, 0) is 16.2 Å². The van der Waals surface area contributed by atoms with Crippen molar-refractivity contribution < 1.29 is 15.3 Å². The molecule has 6 nitrogen and oxygen atoms in total. The van der Waals surface area contributed by atoms with Crippen molar-refractivity contribution >= 4 is 11.0 Å². The molecule has 6 heteroatoms. The number of hydrogen-bond acceptors (Lipinski definition) is 5. The van der Waals surface area contributed by atoms with E-state index in [9.17, 15) is 15.3 Å². The summed E-state index contributed by atoms with van der Waals surface area (Å²) in [5.41, 5.74) is 8.68. The number of phenols is 3. The van der Waals surface area contributed by atoms with Gasteiger partial charge in [0.05, 0.1) is 0 Å². The summed E-state index contributed by atoms with van der Waals surface area (Å²) in [7, 11) is 0. The van der Waals surface area contributed by atoms with Crippen LogP contribution in [-0.4, -0.2) is 30.3 Å². The first-order valence-electron chi connectivity index (χ1n) is 17.5. The number of aromatic hydroxyl groups is 3. The molecule has 0 radical (unpaired) electrons. The summed E-state index contributed by atoms with van der Waals surface area (Å²) in [4.78, 5) is 1.44. The molecular formula is C43H63N3O3. The fraction of sp³-hybridized carbons (Fsp3) is 0.442. The van der Waals surface area contributed by atoms with Crippen LogP contribution in [0.25, 0.3) is 16.7 Å². The van der Waals surface area contributed by atoms with Gasteiger partial charge in [0, 0.05) is 0 Å². The molecule has 0 aliphatic carbocycles. The highest BCUT2D eigenvalue weighted by molar-refractivity contribution is 5.73. The van der Waals surface area contributed by atoms with Crippen LogP contribution >= 0.6 is 0 Å². The standard InChI is InChI=1S/C15H24O.C12H9N3O.C12H18O.2C2H6/c1-10-8-11(14(2,3)4)13(16)12(9-10)15(5,6)7;16-12-8-4-3-7-11(12)15-13-9-5-1-2-6-10(9)14-15;1-8-6-9(2)11(13)10(7-8)12(3,4)5;2*1-2/h8-9,16H,1-7H3;1-8,16H;6-7,13H,1-5H3;2*1-2H3. The van der Waals surface area contributed by atoms with E-state index in [1.807, 2.05) is 71.0 Å². The Morgan fingerprint density at radius 2 is 0.837 bits per heavy atom. The number of benzene rings is 4. The van der Waals surface area contributed by atoms with E-state index in [4.69, 9.17) is 0 Å². The van der Waals surface area contributed by atoms with Gasteiger partial charge >= 0.3 is 0 Å². The maximum Gasteiger partial charge on any atom is 0.143 e.